The molecule has 0 aliphatic rings. The molecule has 0 aliphatic carbocycles. The number of aromatic amines is 1. The van der Waals surface area contributed by atoms with Crippen molar-refractivity contribution in [3.8, 4) is 17.0 Å². The van der Waals surface area contributed by atoms with Crippen LogP contribution in [0.4, 0.5) is 0 Å². The molecule has 0 radical (unpaired) electrons. The van der Waals surface area contributed by atoms with Crippen molar-refractivity contribution in [3.63, 3.8) is 0 Å². The summed E-state index contributed by atoms with van der Waals surface area (Å²) < 4.78 is 6.02. The summed E-state index contributed by atoms with van der Waals surface area (Å²) in [5.74, 6) is 0.889. The van der Waals surface area contributed by atoms with E-state index in [4.69, 9.17) is 10.5 Å². The quantitative estimate of drug-likeness (QED) is 0.916. The Morgan fingerprint density at radius 3 is 2.67 bits per heavy atom. The van der Waals surface area contributed by atoms with Crippen molar-refractivity contribution in [2.45, 2.75) is 20.4 Å². The lowest BCUT2D eigenvalue weighted by molar-refractivity contribution is 0.411. The Labute approximate surface area is 115 Å². The van der Waals surface area contributed by atoms with E-state index < -0.39 is 0 Å². The number of aromatic nitrogens is 2. The number of nitrogens with two attached hydrogens (primary N) is 1. The third-order valence-electron chi connectivity index (χ3n) is 2.95. The molecule has 4 nitrogen and oxygen atoms in total. The number of benzene rings is 1. The van der Waals surface area contributed by atoms with Crippen LogP contribution in [0.1, 0.15) is 16.8 Å². The van der Waals surface area contributed by atoms with E-state index in [1.165, 1.54) is 0 Å². The highest BCUT2D eigenvalue weighted by Gasteiger charge is 2.14. The van der Waals surface area contributed by atoms with Gasteiger partial charge in [-0.05, 0) is 53.0 Å². The van der Waals surface area contributed by atoms with Gasteiger partial charge < -0.3 is 15.5 Å². The Kier molecular flexibility index (Phi) is 3.73. The zero-order valence-electron chi connectivity index (χ0n) is 10.7. The highest BCUT2D eigenvalue weighted by Crippen LogP contribution is 2.31. The fourth-order valence-corrected chi connectivity index (χ4v) is 2.43. The molecule has 2 rings (SSSR count). The Bertz CT molecular complexity index is 578. The van der Waals surface area contributed by atoms with Gasteiger partial charge >= 0.3 is 0 Å². The first-order valence-corrected chi connectivity index (χ1v) is 6.46. The summed E-state index contributed by atoms with van der Waals surface area (Å²) in [5, 5.41) is 0. The number of nitrogens with one attached hydrogen (secondary N) is 1. The van der Waals surface area contributed by atoms with Gasteiger partial charge in [0.1, 0.15) is 5.75 Å². The van der Waals surface area contributed by atoms with Crippen LogP contribution in [-0.4, -0.2) is 17.1 Å². The van der Waals surface area contributed by atoms with E-state index in [2.05, 4.69) is 32.0 Å². The monoisotopic (exact) mass is 309 g/mol. The molecule has 0 spiro atoms. The fourth-order valence-electron chi connectivity index (χ4n) is 2.01. The maximum atomic E-state index is 5.73. The molecule has 1 heterocycles. The van der Waals surface area contributed by atoms with E-state index in [1.54, 1.807) is 7.11 Å². The minimum atomic E-state index is 0.429. The second kappa shape index (κ2) is 5.12. The van der Waals surface area contributed by atoms with Crippen LogP contribution in [0.3, 0.4) is 0 Å². The van der Waals surface area contributed by atoms with E-state index in [-0.39, 0.29) is 0 Å². The van der Waals surface area contributed by atoms with Crippen LogP contribution in [0.25, 0.3) is 11.3 Å². The van der Waals surface area contributed by atoms with Crippen molar-refractivity contribution in [3.05, 3.63) is 33.7 Å². The summed E-state index contributed by atoms with van der Waals surface area (Å²) in [6, 6.07) is 4.10. The largest absolute Gasteiger partial charge is 0.496 e. The number of aryl methyl sites for hydroxylation is 2. The predicted molar refractivity (Wildman–Crippen MR) is 75.6 cm³/mol. The first-order valence-electron chi connectivity index (χ1n) is 5.67. The van der Waals surface area contributed by atoms with Gasteiger partial charge in [-0.25, -0.2) is 4.98 Å². The first-order chi connectivity index (χ1) is 8.56. The topological polar surface area (TPSA) is 63.9 Å². The van der Waals surface area contributed by atoms with Crippen LogP contribution in [0, 0.1) is 13.8 Å². The van der Waals surface area contributed by atoms with Gasteiger partial charge in [-0.1, -0.05) is 0 Å². The van der Waals surface area contributed by atoms with Gasteiger partial charge in [-0.3, -0.25) is 0 Å². The molecular formula is C13H16BrN3O. The molecule has 1 aromatic carbocycles. The maximum absolute atomic E-state index is 5.73. The number of ether oxygens (including phenoxy) is 1. The Hall–Kier alpha value is -1.33. The van der Waals surface area contributed by atoms with Gasteiger partial charge in [-0.15, -0.1) is 0 Å². The predicted octanol–water partition coefficient (Wildman–Crippen LogP) is 2.92. The number of methoxy groups -OCH3 is 1. The smallest absolute Gasteiger partial charge is 0.175 e. The van der Waals surface area contributed by atoms with Crippen LogP contribution in [-0.2, 0) is 6.54 Å². The number of hydrogen-bond donors (Lipinski definition) is 2. The molecule has 0 saturated heterocycles. The second-order valence-corrected chi connectivity index (χ2v) is 4.95. The van der Waals surface area contributed by atoms with E-state index in [1.807, 2.05) is 19.9 Å². The summed E-state index contributed by atoms with van der Waals surface area (Å²) >= 11 is 3.35. The minimum Gasteiger partial charge on any atom is -0.496 e. The van der Waals surface area contributed by atoms with Crippen molar-refractivity contribution in [1.82, 2.24) is 9.97 Å². The summed E-state index contributed by atoms with van der Waals surface area (Å²) in [6.45, 7) is 4.49. The maximum Gasteiger partial charge on any atom is 0.175 e. The summed E-state index contributed by atoms with van der Waals surface area (Å²) in [7, 11) is 1.68. The average molecular weight is 310 g/mol. The number of halogens is 1. The third-order valence-corrected chi connectivity index (χ3v) is 3.33. The lowest BCUT2D eigenvalue weighted by Crippen LogP contribution is -2.00. The molecule has 5 heteroatoms. The number of hydrogen-bond acceptors (Lipinski definition) is 3. The highest BCUT2D eigenvalue weighted by molar-refractivity contribution is 9.10. The van der Waals surface area contributed by atoms with Crippen LogP contribution in [0.2, 0.25) is 0 Å². The zero-order valence-corrected chi connectivity index (χ0v) is 12.3. The van der Waals surface area contributed by atoms with Crippen LogP contribution >= 0.6 is 15.9 Å². The summed E-state index contributed by atoms with van der Waals surface area (Å²) in [5.41, 5.74) is 10.8. The number of rotatable bonds is 3. The molecule has 0 atom stereocenters. The van der Waals surface area contributed by atoms with Gasteiger partial charge in [-0.2, -0.15) is 0 Å². The molecule has 0 aliphatic heterocycles. The molecule has 2 aromatic rings. The van der Waals surface area contributed by atoms with Crippen LogP contribution in [0.5, 0.6) is 5.75 Å². The molecular weight excluding hydrogens is 294 g/mol. The lowest BCUT2D eigenvalue weighted by Gasteiger charge is -2.10. The standard InChI is InChI=1S/C13H16BrN3O/c1-7-5-11(18-3)8(2)4-9(7)12-10(6-15)16-13(14)17-12/h4-5H,6,15H2,1-3H3,(H,16,17). The van der Waals surface area contributed by atoms with Gasteiger partial charge in [0, 0.05) is 12.1 Å². The Balaban J connectivity index is 2.60. The van der Waals surface area contributed by atoms with E-state index in [0.29, 0.717) is 11.3 Å². The van der Waals surface area contributed by atoms with Gasteiger partial charge in [0.25, 0.3) is 0 Å². The van der Waals surface area contributed by atoms with Crippen molar-refractivity contribution < 1.29 is 4.74 Å². The molecule has 96 valence electrons. The average Bonchev–Trinajstić information content (AvgIpc) is 2.72. The van der Waals surface area contributed by atoms with Gasteiger partial charge in [0.2, 0.25) is 0 Å². The number of nitrogens with zero attached hydrogens (tertiary/aromatic N) is 1. The van der Waals surface area contributed by atoms with Crippen LogP contribution in [0.15, 0.2) is 16.9 Å². The van der Waals surface area contributed by atoms with E-state index in [0.717, 1.165) is 33.8 Å². The fraction of sp³-hybridized carbons (Fsp3) is 0.308. The Morgan fingerprint density at radius 1 is 1.33 bits per heavy atom. The Morgan fingerprint density at radius 2 is 2.06 bits per heavy atom. The molecule has 0 saturated carbocycles. The summed E-state index contributed by atoms with van der Waals surface area (Å²) in [4.78, 5) is 7.57. The number of H-pyrrole nitrogens is 1. The van der Waals surface area contributed by atoms with Crippen LogP contribution < -0.4 is 10.5 Å². The van der Waals surface area contributed by atoms with Gasteiger partial charge in [0.05, 0.1) is 18.5 Å². The highest BCUT2D eigenvalue weighted by atomic mass is 79.9. The molecule has 18 heavy (non-hydrogen) atoms. The lowest BCUT2D eigenvalue weighted by atomic mass is 10.0. The van der Waals surface area contributed by atoms with E-state index in [9.17, 15) is 0 Å². The van der Waals surface area contributed by atoms with Gasteiger partial charge in [0.15, 0.2) is 4.73 Å². The van der Waals surface area contributed by atoms with Crippen molar-refractivity contribution >= 4 is 15.9 Å². The second-order valence-electron chi connectivity index (χ2n) is 4.20. The third kappa shape index (κ3) is 2.28. The molecule has 0 unspecified atom stereocenters. The SMILES string of the molecule is COc1cc(C)c(-c2nc(Br)[nH]c2CN)cc1C. The molecule has 0 fully saturated rings. The molecule has 3 N–H and O–H groups in total. The van der Waals surface area contributed by atoms with Crippen molar-refractivity contribution in [2.24, 2.45) is 5.73 Å². The normalized spacial score (nSPS) is 10.7. The molecule has 0 amide bonds. The first kappa shape index (κ1) is 13.1. The molecule has 1 aromatic heterocycles. The zero-order chi connectivity index (χ0) is 13.3. The number of imidazole rings is 1. The summed E-state index contributed by atoms with van der Waals surface area (Å²) in [6.07, 6.45) is 0. The van der Waals surface area contributed by atoms with Crippen molar-refractivity contribution in [2.75, 3.05) is 7.11 Å². The minimum absolute atomic E-state index is 0.429. The molecule has 0 bridgehead atoms. The van der Waals surface area contributed by atoms with Crippen molar-refractivity contribution in [1.29, 1.82) is 0 Å². The van der Waals surface area contributed by atoms with E-state index >= 15 is 0 Å².